The van der Waals surface area contributed by atoms with Crippen molar-refractivity contribution in [2.75, 3.05) is 4.90 Å². The van der Waals surface area contributed by atoms with E-state index in [2.05, 4.69) is 50.0 Å². The molecule has 1 amide bonds. The van der Waals surface area contributed by atoms with E-state index in [1.807, 2.05) is 27.0 Å². The molecule has 1 N–H and O–H groups in total. The number of fused-ring (bicyclic) bond motifs is 2. The van der Waals surface area contributed by atoms with Gasteiger partial charge in [-0.05, 0) is 80.2 Å². The van der Waals surface area contributed by atoms with Crippen molar-refractivity contribution in [3.8, 4) is 0 Å². The Labute approximate surface area is 186 Å². The summed E-state index contributed by atoms with van der Waals surface area (Å²) in [6.07, 6.45) is 5.62. The molecule has 3 aliphatic rings. The fourth-order valence-electron chi connectivity index (χ4n) is 4.81. The lowest BCUT2D eigenvalue weighted by atomic mass is 9.80. The number of aromatic nitrogens is 1. The Hall–Kier alpha value is -1.80. The predicted octanol–water partition coefficient (Wildman–Crippen LogP) is 3.41. The summed E-state index contributed by atoms with van der Waals surface area (Å²) in [5, 5.41) is 3.07. The maximum Gasteiger partial charge on any atom is 0.496 e. The molecule has 2 bridgehead atoms. The third-order valence-electron chi connectivity index (χ3n) is 7.01. The van der Waals surface area contributed by atoms with Gasteiger partial charge >= 0.3 is 13.2 Å². The van der Waals surface area contributed by atoms with E-state index in [0.717, 1.165) is 37.0 Å². The summed E-state index contributed by atoms with van der Waals surface area (Å²) in [4.78, 5) is 19.4. The Bertz CT molecular complexity index is 791. The van der Waals surface area contributed by atoms with Gasteiger partial charge in [-0.25, -0.2) is 9.78 Å². The number of ether oxygens (including phenoxy) is 1. The maximum atomic E-state index is 12.2. The molecular weight excluding hydrogens is 393 g/mol. The fraction of sp³-hybridized carbons (Fsp3) is 0.739. The first-order valence-corrected chi connectivity index (χ1v) is 11.4. The number of nitrogens with zero attached hydrogens (tertiary/aromatic N) is 2. The lowest BCUT2D eigenvalue weighted by Gasteiger charge is -2.40. The molecule has 1 aromatic heterocycles. The van der Waals surface area contributed by atoms with E-state index in [1.54, 1.807) is 0 Å². The molecule has 0 spiro atoms. The Morgan fingerprint density at radius 3 is 2.19 bits per heavy atom. The Balaban J connectivity index is 1.40. The summed E-state index contributed by atoms with van der Waals surface area (Å²) in [6, 6.07) is 5.05. The number of pyridine rings is 1. The molecule has 4 heterocycles. The van der Waals surface area contributed by atoms with Gasteiger partial charge < -0.3 is 24.3 Å². The first kappa shape index (κ1) is 22.4. The van der Waals surface area contributed by atoms with E-state index in [1.165, 1.54) is 0 Å². The van der Waals surface area contributed by atoms with Gasteiger partial charge in [0.15, 0.2) is 0 Å². The van der Waals surface area contributed by atoms with Crippen molar-refractivity contribution in [3.63, 3.8) is 0 Å². The molecule has 0 aromatic carbocycles. The molecule has 0 aliphatic carbocycles. The van der Waals surface area contributed by atoms with E-state index < -0.39 is 12.7 Å². The number of piperidine rings is 1. The highest BCUT2D eigenvalue weighted by Gasteiger charge is 2.52. The number of carbonyl (C=O) groups is 1. The lowest BCUT2D eigenvalue weighted by Crippen LogP contribution is -2.51. The number of hydrogen-bond donors (Lipinski definition) is 1. The Morgan fingerprint density at radius 1 is 1.13 bits per heavy atom. The van der Waals surface area contributed by atoms with Gasteiger partial charge in [-0.1, -0.05) is 6.07 Å². The summed E-state index contributed by atoms with van der Waals surface area (Å²) in [5.41, 5.74) is -0.264. The van der Waals surface area contributed by atoms with Crippen LogP contribution in [0, 0.1) is 0 Å². The third-order valence-corrected chi connectivity index (χ3v) is 7.01. The van der Waals surface area contributed by atoms with Crippen molar-refractivity contribution >= 4 is 24.5 Å². The highest BCUT2D eigenvalue weighted by atomic mass is 16.7. The van der Waals surface area contributed by atoms with E-state index in [0.29, 0.717) is 12.1 Å². The highest BCUT2D eigenvalue weighted by Crippen LogP contribution is 2.39. The quantitative estimate of drug-likeness (QED) is 0.743. The number of alkyl carbamates (subject to hydrolysis) is 1. The van der Waals surface area contributed by atoms with Crippen LogP contribution in [0.25, 0.3) is 0 Å². The summed E-state index contributed by atoms with van der Waals surface area (Å²) < 4.78 is 17.7. The van der Waals surface area contributed by atoms with Crippen molar-refractivity contribution in [1.29, 1.82) is 0 Å². The zero-order valence-corrected chi connectivity index (χ0v) is 19.9. The van der Waals surface area contributed by atoms with E-state index >= 15 is 0 Å². The minimum Gasteiger partial charge on any atom is -0.444 e. The average Bonchev–Trinajstić information content (AvgIpc) is 3.02. The van der Waals surface area contributed by atoms with Crippen LogP contribution in [0.5, 0.6) is 0 Å². The highest BCUT2D eigenvalue weighted by molar-refractivity contribution is 6.62. The molecule has 7 nitrogen and oxygen atoms in total. The summed E-state index contributed by atoms with van der Waals surface area (Å²) in [7, 11) is -0.396. The second-order valence-electron chi connectivity index (χ2n) is 11.1. The minimum absolute atomic E-state index is 0.146. The lowest BCUT2D eigenvalue weighted by molar-refractivity contribution is 0.00578. The number of rotatable bonds is 3. The number of carbonyl (C=O) groups excluding carboxylic acids is 1. The van der Waals surface area contributed by atoms with Crippen LogP contribution in [-0.4, -0.2) is 53.1 Å². The predicted molar refractivity (Wildman–Crippen MR) is 122 cm³/mol. The molecule has 3 saturated heterocycles. The van der Waals surface area contributed by atoms with Gasteiger partial charge in [0, 0.05) is 29.8 Å². The van der Waals surface area contributed by atoms with Gasteiger partial charge in [-0.15, -0.1) is 0 Å². The Morgan fingerprint density at radius 2 is 1.71 bits per heavy atom. The second-order valence-corrected chi connectivity index (χ2v) is 11.1. The summed E-state index contributed by atoms with van der Waals surface area (Å²) >= 11 is 0. The average molecular weight is 429 g/mol. The van der Waals surface area contributed by atoms with Gasteiger partial charge in [-0.2, -0.15) is 0 Å². The smallest absolute Gasteiger partial charge is 0.444 e. The monoisotopic (exact) mass is 429 g/mol. The van der Waals surface area contributed by atoms with Gasteiger partial charge in [0.1, 0.15) is 11.4 Å². The molecule has 1 aromatic rings. The molecule has 3 fully saturated rings. The summed E-state index contributed by atoms with van der Waals surface area (Å²) in [5.74, 6) is 0.989. The van der Waals surface area contributed by atoms with Crippen molar-refractivity contribution in [2.45, 2.75) is 109 Å². The van der Waals surface area contributed by atoms with Crippen molar-refractivity contribution in [3.05, 3.63) is 18.3 Å². The van der Waals surface area contributed by atoms with E-state index in [9.17, 15) is 4.79 Å². The summed E-state index contributed by atoms with van der Waals surface area (Å²) in [6.45, 7) is 13.9. The van der Waals surface area contributed by atoms with Crippen LogP contribution in [0.4, 0.5) is 10.6 Å². The van der Waals surface area contributed by atoms with E-state index in [-0.39, 0.29) is 23.3 Å². The third kappa shape index (κ3) is 4.56. The fourth-order valence-corrected chi connectivity index (χ4v) is 4.81. The second kappa shape index (κ2) is 7.66. The number of hydrogen-bond acceptors (Lipinski definition) is 6. The van der Waals surface area contributed by atoms with Crippen LogP contribution < -0.4 is 15.7 Å². The van der Waals surface area contributed by atoms with Crippen molar-refractivity contribution in [1.82, 2.24) is 10.3 Å². The molecule has 2 atom stereocenters. The van der Waals surface area contributed by atoms with Crippen molar-refractivity contribution in [2.24, 2.45) is 0 Å². The Kier molecular flexibility index (Phi) is 5.53. The molecule has 8 heteroatoms. The van der Waals surface area contributed by atoms with Crippen LogP contribution in [0.1, 0.15) is 74.1 Å². The normalized spacial score (nSPS) is 29.2. The van der Waals surface area contributed by atoms with E-state index in [4.69, 9.17) is 19.0 Å². The standard InChI is InChI=1S/C23H36BN3O4/c1-21(2,3)29-20(28)26-16-12-17-9-10-18(13-16)27(17)19-11-8-15(14-25-19)24-30-22(4,5)23(6,7)31-24/h8,11,14,16-18H,9-10,12-13H2,1-7H3,(H,26,28). The SMILES string of the molecule is CC(C)(C)OC(=O)NC1CC2CCC(C1)N2c1ccc(B2OC(C)(C)C(C)(C)O2)cn1. The molecule has 0 radical (unpaired) electrons. The zero-order valence-electron chi connectivity index (χ0n) is 19.9. The molecule has 4 rings (SSSR count). The van der Waals surface area contributed by atoms with Crippen LogP contribution >= 0.6 is 0 Å². The zero-order chi connectivity index (χ0) is 22.6. The van der Waals surface area contributed by atoms with Crippen LogP contribution in [0.2, 0.25) is 0 Å². The molecule has 31 heavy (non-hydrogen) atoms. The minimum atomic E-state index is -0.480. The topological polar surface area (TPSA) is 72.9 Å². The largest absolute Gasteiger partial charge is 0.496 e. The molecule has 3 aliphatic heterocycles. The van der Waals surface area contributed by atoms with Gasteiger partial charge in [0.05, 0.1) is 11.2 Å². The molecule has 170 valence electrons. The van der Waals surface area contributed by atoms with Gasteiger partial charge in [0.2, 0.25) is 0 Å². The van der Waals surface area contributed by atoms with Crippen LogP contribution in [0.15, 0.2) is 18.3 Å². The number of anilines is 1. The van der Waals surface area contributed by atoms with Gasteiger partial charge in [0.25, 0.3) is 0 Å². The first-order chi connectivity index (χ1) is 14.3. The van der Waals surface area contributed by atoms with Crippen LogP contribution in [-0.2, 0) is 14.0 Å². The van der Waals surface area contributed by atoms with Crippen LogP contribution in [0.3, 0.4) is 0 Å². The van der Waals surface area contributed by atoms with Crippen molar-refractivity contribution < 1.29 is 18.8 Å². The molecular formula is C23H36BN3O4. The first-order valence-electron chi connectivity index (χ1n) is 11.4. The number of nitrogens with one attached hydrogen (secondary N) is 1. The number of amides is 1. The van der Waals surface area contributed by atoms with Gasteiger partial charge in [-0.3, -0.25) is 0 Å². The molecule has 2 unspecified atom stereocenters. The maximum absolute atomic E-state index is 12.2. The molecule has 0 saturated carbocycles.